The van der Waals surface area contributed by atoms with E-state index in [9.17, 15) is 4.79 Å². The lowest BCUT2D eigenvalue weighted by Crippen LogP contribution is -2.27. The maximum absolute atomic E-state index is 12.3. The van der Waals surface area contributed by atoms with E-state index in [0.717, 1.165) is 35.4 Å². The summed E-state index contributed by atoms with van der Waals surface area (Å²) < 4.78 is 0. The molecule has 0 spiro atoms. The van der Waals surface area contributed by atoms with E-state index in [4.69, 9.17) is 5.21 Å². The van der Waals surface area contributed by atoms with Crippen LogP contribution in [0.1, 0.15) is 39.3 Å². The molecule has 1 amide bonds. The second kappa shape index (κ2) is 6.70. The maximum Gasteiger partial charge on any atom is 0.252 e. The van der Waals surface area contributed by atoms with Crippen LogP contribution in [0.2, 0.25) is 0 Å². The van der Waals surface area contributed by atoms with Crippen LogP contribution in [0, 0.1) is 0 Å². The molecule has 0 bridgehead atoms. The van der Waals surface area contributed by atoms with Gasteiger partial charge in [-0.15, -0.1) is 11.3 Å². The van der Waals surface area contributed by atoms with E-state index < -0.39 is 0 Å². The molecule has 3 rings (SSSR count). The number of oxime groups is 1. The summed E-state index contributed by atoms with van der Waals surface area (Å²) in [7, 11) is 0. The highest BCUT2D eigenvalue weighted by molar-refractivity contribution is 7.12. The molecule has 0 aromatic carbocycles. The number of hydrogen-bond acceptors (Lipinski definition) is 5. The highest BCUT2D eigenvalue weighted by atomic mass is 32.1. The number of thiophene rings is 1. The predicted octanol–water partition coefficient (Wildman–Crippen LogP) is 2.63. The van der Waals surface area contributed by atoms with Crippen molar-refractivity contribution in [2.75, 3.05) is 6.54 Å². The Hall–Kier alpha value is -2.21. The summed E-state index contributed by atoms with van der Waals surface area (Å²) in [6.07, 6.45) is 5.01. The van der Waals surface area contributed by atoms with Crippen LogP contribution in [0.15, 0.2) is 34.9 Å². The van der Waals surface area contributed by atoms with Crippen molar-refractivity contribution in [1.29, 1.82) is 0 Å². The van der Waals surface area contributed by atoms with Gasteiger partial charge in [0.2, 0.25) is 0 Å². The molecule has 114 valence electrons. The molecule has 2 aromatic rings. The molecule has 0 atom stereocenters. The number of nitrogens with zero attached hydrogens (tertiary/aromatic N) is 2. The Morgan fingerprint density at radius 2 is 2.32 bits per heavy atom. The number of carbonyl (C=O) groups excluding carboxylic acids is 1. The smallest absolute Gasteiger partial charge is 0.252 e. The zero-order valence-corrected chi connectivity index (χ0v) is 12.9. The van der Waals surface area contributed by atoms with Crippen LogP contribution in [0.5, 0.6) is 0 Å². The van der Waals surface area contributed by atoms with Crippen LogP contribution < -0.4 is 5.32 Å². The fraction of sp³-hybridized carbons (Fsp3) is 0.312. The average molecular weight is 315 g/mol. The number of amides is 1. The van der Waals surface area contributed by atoms with Gasteiger partial charge in [0.15, 0.2) is 0 Å². The van der Waals surface area contributed by atoms with Crippen molar-refractivity contribution in [3.05, 3.63) is 51.5 Å². The molecular weight excluding hydrogens is 298 g/mol. The SMILES string of the molecule is O=C(NCCc1ccccn1)c1csc2c1CCC/C2=N/O. The summed E-state index contributed by atoms with van der Waals surface area (Å²) in [6, 6.07) is 5.76. The molecule has 0 saturated carbocycles. The lowest BCUT2D eigenvalue weighted by atomic mass is 9.94. The quantitative estimate of drug-likeness (QED) is 0.673. The second-order valence-electron chi connectivity index (χ2n) is 5.18. The van der Waals surface area contributed by atoms with Gasteiger partial charge in [0, 0.05) is 30.2 Å². The van der Waals surface area contributed by atoms with Gasteiger partial charge in [-0.3, -0.25) is 9.78 Å². The number of pyridine rings is 1. The topological polar surface area (TPSA) is 74.6 Å². The van der Waals surface area contributed by atoms with Gasteiger partial charge in [0.05, 0.1) is 16.2 Å². The molecule has 22 heavy (non-hydrogen) atoms. The van der Waals surface area contributed by atoms with Crippen LogP contribution >= 0.6 is 11.3 Å². The number of hydrogen-bond donors (Lipinski definition) is 2. The van der Waals surface area contributed by atoms with Crippen molar-refractivity contribution in [3.63, 3.8) is 0 Å². The summed E-state index contributed by atoms with van der Waals surface area (Å²) in [5, 5.41) is 17.2. The Balaban J connectivity index is 1.65. The number of nitrogens with one attached hydrogen (secondary N) is 1. The van der Waals surface area contributed by atoms with Gasteiger partial charge in [-0.05, 0) is 37.0 Å². The predicted molar refractivity (Wildman–Crippen MR) is 85.9 cm³/mol. The molecular formula is C16H17N3O2S. The minimum atomic E-state index is -0.0624. The second-order valence-corrected chi connectivity index (χ2v) is 6.06. The molecule has 0 fully saturated rings. The van der Waals surface area contributed by atoms with Crippen LogP contribution in [-0.4, -0.2) is 28.4 Å². The number of rotatable bonds is 4. The highest BCUT2D eigenvalue weighted by Gasteiger charge is 2.24. The van der Waals surface area contributed by atoms with Gasteiger partial charge < -0.3 is 10.5 Å². The zero-order chi connectivity index (χ0) is 15.4. The number of carbonyl (C=O) groups is 1. The van der Waals surface area contributed by atoms with Crippen molar-refractivity contribution in [2.24, 2.45) is 5.16 Å². The minimum absolute atomic E-state index is 0.0624. The molecule has 0 unspecified atom stereocenters. The van der Waals surface area contributed by atoms with Gasteiger partial charge >= 0.3 is 0 Å². The Kier molecular flexibility index (Phi) is 4.48. The first kappa shape index (κ1) is 14.7. The number of fused-ring (bicyclic) bond motifs is 1. The lowest BCUT2D eigenvalue weighted by molar-refractivity contribution is 0.0953. The van der Waals surface area contributed by atoms with E-state index in [1.54, 1.807) is 6.20 Å². The average Bonchev–Trinajstić information content (AvgIpc) is 3.00. The Bertz CT molecular complexity index is 695. The van der Waals surface area contributed by atoms with Gasteiger partial charge in [0.25, 0.3) is 5.91 Å². The normalized spacial score (nSPS) is 15.5. The molecule has 0 aliphatic heterocycles. The van der Waals surface area contributed by atoms with E-state index in [0.29, 0.717) is 24.2 Å². The first-order chi connectivity index (χ1) is 10.8. The summed E-state index contributed by atoms with van der Waals surface area (Å²) >= 11 is 1.48. The van der Waals surface area contributed by atoms with Crippen LogP contribution in [-0.2, 0) is 12.8 Å². The monoisotopic (exact) mass is 315 g/mol. The van der Waals surface area contributed by atoms with Crippen molar-refractivity contribution >= 4 is 23.0 Å². The highest BCUT2D eigenvalue weighted by Crippen LogP contribution is 2.30. The summed E-state index contributed by atoms with van der Waals surface area (Å²) in [6.45, 7) is 0.557. The third-order valence-electron chi connectivity index (χ3n) is 3.75. The molecule has 5 nitrogen and oxygen atoms in total. The number of aromatic nitrogens is 1. The van der Waals surface area contributed by atoms with Crippen molar-refractivity contribution in [1.82, 2.24) is 10.3 Å². The van der Waals surface area contributed by atoms with Crippen molar-refractivity contribution < 1.29 is 10.0 Å². The first-order valence-electron chi connectivity index (χ1n) is 7.29. The van der Waals surface area contributed by atoms with Crippen LogP contribution in [0.4, 0.5) is 0 Å². The summed E-state index contributed by atoms with van der Waals surface area (Å²) in [5.74, 6) is -0.0624. The fourth-order valence-corrected chi connectivity index (χ4v) is 3.77. The van der Waals surface area contributed by atoms with Crippen LogP contribution in [0.25, 0.3) is 0 Å². The molecule has 1 aliphatic carbocycles. The first-order valence-corrected chi connectivity index (χ1v) is 8.17. The van der Waals surface area contributed by atoms with E-state index >= 15 is 0 Å². The largest absolute Gasteiger partial charge is 0.411 e. The van der Waals surface area contributed by atoms with E-state index in [-0.39, 0.29) is 5.91 Å². The Morgan fingerprint density at radius 1 is 1.41 bits per heavy atom. The molecule has 6 heteroatoms. The molecule has 2 heterocycles. The minimum Gasteiger partial charge on any atom is -0.411 e. The molecule has 2 aromatic heterocycles. The van der Waals surface area contributed by atoms with E-state index in [1.165, 1.54) is 11.3 Å². The zero-order valence-electron chi connectivity index (χ0n) is 12.1. The standard InChI is InChI=1S/C16H17N3O2S/c20-16(18-9-7-11-4-1-2-8-17-11)13-10-22-15-12(13)5-3-6-14(15)19-21/h1-2,4,8,10,21H,3,5-7,9H2,(H,18,20)/b19-14-. The molecule has 2 N–H and O–H groups in total. The van der Waals surface area contributed by atoms with Crippen molar-refractivity contribution in [3.8, 4) is 0 Å². The lowest BCUT2D eigenvalue weighted by Gasteiger charge is -2.14. The molecule has 1 aliphatic rings. The molecule has 0 radical (unpaired) electrons. The van der Waals surface area contributed by atoms with Gasteiger partial charge in [-0.1, -0.05) is 11.2 Å². The Morgan fingerprint density at radius 3 is 3.09 bits per heavy atom. The van der Waals surface area contributed by atoms with Gasteiger partial charge in [0.1, 0.15) is 0 Å². The fourth-order valence-electron chi connectivity index (χ4n) is 2.65. The maximum atomic E-state index is 12.3. The Labute approximate surface area is 132 Å². The summed E-state index contributed by atoms with van der Waals surface area (Å²) in [4.78, 5) is 17.5. The van der Waals surface area contributed by atoms with Crippen LogP contribution in [0.3, 0.4) is 0 Å². The van der Waals surface area contributed by atoms with Gasteiger partial charge in [-0.2, -0.15) is 0 Å². The third kappa shape index (κ3) is 3.01. The van der Waals surface area contributed by atoms with Gasteiger partial charge in [-0.25, -0.2) is 0 Å². The third-order valence-corrected chi connectivity index (χ3v) is 4.83. The van der Waals surface area contributed by atoms with Crippen molar-refractivity contribution in [2.45, 2.75) is 25.7 Å². The molecule has 0 saturated heterocycles. The van der Waals surface area contributed by atoms with E-state index in [2.05, 4.69) is 15.5 Å². The van der Waals surface area contributed by atoms with E-state index in [1.807, 2.05) is 23.6 Å². The summed E-state index contributed by atoms with van der Waals surface area (Å²) in [5.41, 5.74) is 3.38.